The first-order valence-electron chi connectivity index (χ1n) is 24.2. The fraction of sp³-hybridized carbons (Fsp3) is 0.0152. The van der Waals surface area contributed by atoms with E-state index in [1.54, 1.807) is 0 Å². The van der Waals surface area contributed by atoms with E-state index in [4.69, 9.17) is 0 Å². The second-order valence-corrected chi connectivity index (χ2v) is 18.6. The van der Waals surface area contributed by atoms with Crippen LogP contribution in [0.5, 0.6) is 0 Å². The van der Waals surface area contributed by atoms with Crippen molar-refractivity contribution in [3.8, 4) is 55.9 Å². The first-order valence-corrected chi connectivity index (χ1v) is 24.2. The zero-order valence-corrected chi connectivity index (χ0v) is 38.1. The van der Waals surface area contributed by atoms with E-state index < -0.39 is 0 Å². The van der Waals surface area contributed by atoms with Crippen molar-refractivity contribution in [2.45, 2.75) is 6.04 Å². The Morgan fingerprint density at radius 2 is 0.786 bits per heavy atom. The third kappa shape index (κ3) is 5.50. The van der Waals surface area contributed by atoms with Gasteiger partial charge < -0.3 is 14.0 Å². The molecule has 10 aromatic carbocycles. The number of rotatable bonds is 4. The lowest BCUT2D eigenvalue weighted by molar-refractivity contribution is 0.897. The van der Waals surface area contributed by atoms with Crippen molar-refractivity contribution in [3.63, 3.8) is 0 Å². The van der Waals surface area contributed by atoms with Crippen molar-refractivity contribution in [2.75, 3.05) is 4.90 Å². The molecular formula is C66H43N4+. The average Bonchev–Trinajstić information content (AvgIpc) is 3.95. The van der Waals surface area contributed by atoms with Crippen LogP contribution in [-0.4, -0.2) is 20.9 Å². The second-order valence-electron chi connectivity index (χ2n) is 18.6. The van der Waals surface area contributed by atoms with Gasteiger partial charge >= 0.3 is 0 Å². The standard InChI is InChI=1S/C66H43N4/c1-3-21-43(22-4-1)67-59-37-17-18-38-60(59)68(44-23-5-2-6-24-44)64-42-54-52-32-20-40-62(70-57-35-15-11-29-49(57)50-30-12-16-36-58(50)70)66(52)65-51(45-25-7-8-26-46(45)53(54)41-63(64)67)31-19-39-61(65)69-55-33-13-9-27-47(55)48-28-10-14-34-56(48)69/h1-42,60H/q+1. The van der Waals surface area contributed by atoms with Gasteiger partial charge in [0.05, 0.1) is 33.4 Å². The minimum absolute atomic E-state index is 0.0509. The molecule has 0 spiro atoms. The summed E-state index contributed by atoms with van der Waals surface area (Å²) in [6.45, 7) is 0. The molecule has 0 bridgehead atoms. The van der Waals surface area contributed by atoms with E-state index in [0.29, 0.717) is 0 Å². The molecule has 2 aliphatic carbocycles. The first kappa shape index (κ1) is 38.8. The molecule has 326 valence electrons. The van der Waals surface area contributed by atoms with Crippen molar-refractivity contribution in [1.29, 1.82) is 0 Å². The van der Waals surface area contributed by atoms with E-state index in [-0.39, 0.29) is 6.04 Å². The molecule has 3 heterocycles. The first-order chi connectivity index (χ1) is 34.8. The Bertz CT molecular complexity index is 4130. The zero-order chi connectivity index (χ0) is 45.9. The van der Waals surface area contributed by atoms with E-state index in [1.807, 2.05) is 0 Å². The smallest absolute Gasteiger partial charge is 0.235 e. The molecule has 0 amide bonds. The number of hydrogen-bond acceptors (Lipinski definition) is 1. The molecule has 3 aliphatic rings. The largest absolute Gasteiger partial charge is 0.319 e. The molecule has 0 fully saturated rings. The van der Waals surface area contributed by atoms with Gasteiger partial charge in [-0.15, -0.1) is 0 Å². The van der Waals surface area contributed by atoms with E-state index in [1.165, 1.54) is 93.8 Å². The van der Waals surface area contributed by atoms with Crippen molar-refractivity contribution >= 4 is 72.1 Å². The van der Waals surface area contributed by atoms with Crippen LogP contribution >= 0.6 is 0 Å². The van der Waals surface area contributed by atoms with Crippen LogP contribution in [-0.2, 0) is 0 Å². The molecule has 15 rings (SSSR count). The number of fused-ring (bicyclic) bond motifs is 16. The average molecular weight is 892 g/mol. The highest BCUT2D eigenvalue weighted by Gasteiger charge is 2.42. The molecule has 1 aliphatic heterocycles. The van der Waals surface area contributed by atoms with Crippen molar-refractivity contribution in [2.24, 2.45) is 0 Å². The van der Waals surface area contributed by atoms with Gasteiger partial charge in [-0.25, -0.2) is 0 Å². The van der Waals surface area contributed by atoms with Crippen LogP contribution in [0.1, 0.15) is 0 Å². The van der Waals surface area contributed by atoms with Crippen LogP contribution in [0.15, 0.2) is 255 Å². The van der Waals surface area contributed by atoms with Crippen molar-refractivity contribution in [1.82, 2.24) is 13.7 Å². The van der Waals surface area contributed by atoms with Crippen LogP contribution in [0.4, 0.5) is 22.7 Å². The molecule has 1 atom stereocenters. The highest BCUT2D eigenvalue weighted by atomic mass is 15.2. The minimum atomic E-state index is -0.0509. The molecule has 4 heteroatoms. The Morgan fingerprint density at radius 3 is 1.34 bits per heavy atom. The number of allylic oxidation sites excluding steroid dienone is 2. The summed E-state index contributed by atoms with van der Waals surface area (Å²) < 4.78 is 7.53. The molecule has 0 saturated heterocycles. The molecule has 2 aromatic heterocycles. The molecule has 1 unspecified atom stereocenters. The van der Waals surface area contributed by atoms with Gasteiger partial charge in [-0.2, -0.15) is 4.58 Å². The number of hydrogen-bond donors (Lipinski definition) is 0. The van der Waals surface area contributed by atoms with Crippen LogP contribution in [0, 0.1) is 0 Å². The predicted octanol–water partition coefficient (Wildman–Crippen LogP) is 16.8. The molecule has 12 aromatic rings. The van der Waals surface area contributed by atoms with E-state index >= 15 is 0 Å². The van der Waals surface area contributed by atoms with E-state index in [0.717, 1.165) is 34.1 Å². The topological polar surface area (TPSA) is 16.1 Å². The number of nitrogens with zero attached hydrogens (tertiary/aromatic N) is 4. The lowest BCUT2D eigenvalue weighted by Crippen LogP contribution is -2.44. The number of para-hydroxylation sites is 6. The Hall–Kier alpha value is -9.25. The van der Waals surface area contributed by atoms with Crippen LogP contribution in [0.2, 0.25) is 0 Å². The van der Waals surface area contributed by atoms with Gasteiger partial charge in [0.2, 0.25) is 17.1 Å². The SMILES string of the molecule is C1=CC2=[N+](c3ccccc3)c3cc4c(cc3N(c3ccccc3)C2C=C1)-c1cccc(-n2c3ccccc3c3ccccc32)c1-c1c(cccc1-n1c2ccccc2c2ccccc21)-c1ccccc1-4. The Morgan fingerprint density at radius 1 is 0.343 bits per heavy atom. The predicted molar refractivity (Wildman–Crippen MR) is 294 cm³/mol. The summed E-state index contributed by atoms with van der Waals surface area (Å²) in [5.41, 5.74) is 22.2. The van der Waals surface area contributed by atoms with Crippen LogP contribution in [0.3, 0.4) is 0 Å². The summed E-state index contributed by atoms with van der Waals surface area (Å²) in [5.74, 6) is 0. The molecule has 70 heavy (non-hydrogen) atoms. The van der Waals surface area contributed by atoms with Crippen molar-refractivity contribution < 1.29 is 0 Å². The Balaban J connectivity index is 1.14. The summed E-state index contributed by atoms with van der Waals surface area (Å²) in [5, 5.41) is 4.94. The molecule has 0 N–H and O–H groups in total. The maximum atomic E-state index is 2.54. The highest BCUT2D eigenvalue weighted by molar-refractivity contribution is 6.17. The fourth-order valence-electron chi connectivity index (χ4n) is 12.1. The molecule has 0 saturated carbocycles. The van der Waals surface area contributed by atoms with E-state index in [2.05, 4.69) is 273 Å². The zero-order valence-electron chi connectivity index (χ0n) is 38.1. The third-order valence-electron chi connectivity index (χ3n) is 14.9. The quantitative estimate of drug-likeness (QED) is 0.161. The van der Waals surface area contributed by atoms with Gasteiger partial charge in [0.15, 0.2) is 0 Å². The molecule has 4 nitrogen and oxygen atoms in total. The molecule has 0 radical (unpaired) electrons. The summed E-state index contributed by atoms with van der Waals surface area (Å²) in [6.07, 6.45) is 9.01. The molecular weight excluding hydrogens is 849 g/mol. The van der Waals surface area contributed by atoms with Crippen LogP contribution < -0.4 is 9.48 Å². The van der Waals surface area contributed by atoms with Gasteiger partial charge in [-0.05, 0) is 88.0 Å². The number of benzene rings is 10. The third-order valence-corrected chi connectivity index (χ3v) is 14.9. The highest BCUT2D eigenvalue weighted by Crippen LogP contribution is 2.56. The Labute approximate surface area is 405 Å². The minimum Gasteiger partial charge on any atom is -0.319 e. The summed E-state index contributed by atoms with van der Waals surface area (Å²) in [6, 6.07) is 85.4. The summed E-state index contributed by atoms with van der Waals surface area (Å²) in [4.78, 5) is 2.54. The monoisotopic (exact) mass is 891 g/mol. The lowest BCUT2D eigenvalue weighted by Gasteiger charge is -2.37. The second kappa shape index (κ2) is 15.1. The summed E-state index contributed by atoms with van der Waals surface area (Å²) >= 11 is 0. The Kier molecular flexibility index (Phi) is 8.39. The van der Waals surface area contributed by atoms with Gasteiger partial charge in [-0.1, -0.05) is 176 Å². The van der Waals surface area contributed by atoms with Gasteiger partial charge in [0.25, 0.3) is 0 Å². The lowest BCUT2D eigenvalue weighted by atomic mass is 9.78. The van der Waals surface area contributed by atoms with Gasteiger partial charge in [0.1, 0.15) is 11.7 Å². The maximum absolute atomic E-state index is 2.54. The summed E-state index contributed by atoms with van der Waals surface area (Å²) in [7, 11) is 0. The van der Waals surface area contributed by atoms with Gasteiger partial charge in [-0.3, -0.25) is 0 Å². The van der Waals surface area contributed by atoms with Gasteiger partial charge in [0, 0.05) is 62.6 Å². The number of anilines is 2. The normalized spacial score (nSPS) is 14.5. The van der Waals surface area contributed by atoms with E-state index in [9.17, 15) is 0 Å². The fourth-order valence-corrected chi connectivity index (χ4v) is 12.1. The van der Waals surface area contributed by atoms with Crippen molar-refractivity contribution in [3.05, 3.63) is 255 Å². The number of aromatic nitrogens is 2. The maximum Gasteiger partial charge on any atom is 0.235 e. The van der Waals surface area contributed by atoms with Crippen LogP contribution in [0.25, 0.3) is 99.5 Å².